The maximum absolute atomic E-state index is 9.73. The van der Waals surface area contributed by atoms with E-state index in [1.54, 1.807) is 23.5 Å². The normalized spacial score (nSPS) is 19.3. The van der Waals surface area contributed by atoms with Gasteiger partial charge in [0.05, 0.1) is 18.9 Å². The molecule has 6 heteroatoms. The van der Waals surface area contributed by atoms with Crippen molar-refractivity contribution in [1.29, 1.82) is 0 Å². The van der Waals surface area contributed by atoms with Crippen LogP contribution < -0.4 is 4.74 Å². The molecule has 1 aliphatic rings. The van der Waals surface area contributed by atoms with Crippen molar-refractivity contribution in [3.63, 3.8) is 0 Å². The average molecular weight is 320 g/mol. The van der Waals surface area contributed by atoms with E-state index in [9.17, 15) is 10.2 Å². The largest absolute Gasteiger partial charge is 0.504 e. The van der Waals surface area contributed by atoms with E-state index < -0.39 is 0 Å². The van der Waals surface area contributed by atoms with E-state index in [2.05, 4.69) is 15.3 Å². The number of ether oxygens (including phenoxy) is 1. The number of methoxy groups -OCH3 is 1. The molecule has 118 valence electrons. The van der Waals surface area contributed by atoms with Gasteiger partial charge in [0.15, 0.2) is 11.5 Å². The second-order valence-corrected chi connectivity index (χ2v) is 6.42. The Bertz CT molecular complexity index is 644. The Labute approximate surface area is 133 Å². The third kappa shape index (κ3) is 3.40. The summed E-state index contributed by atoms with van der Waals surface area (Å²) in [5.41, 5.74) is 1.95. The number of benzene rings is 1. The first-order valence-electron chi connectivity index (χ1n) is 7.38. The van der Waals surface area contributed by atoms with Crippen molar-refractivity contribution in [2.75, 3.05) is 20.2 Å². The van der Waals surface area contributed by atoms with Crippen molar-refractivity contribution in [1.82, 2.24) is 9.88 Å². The number of piperidine rings is 1. The maximum atomic E-state index is 9.73. The van der Waals surface area contributed by atoms with Crippen LogP contribution in [-0.4, -0.2) is 46.4 Å². The van der Waals surface area contributed by atoms with Crippen molar-refractivity contribution in [3.05, 3.63) is 29.3 Å². The number of hydrogen-bond donors (Lipinski definition) is 2. The molecule has 1 aromatic heterocycles. The quantitative estimate of drug-likeness (QED) is 0.906. The van der Waals surface area contributed by atoms with Crippen LogP contribution in [0.4, 0.5) is 0 Å². The van der Waals surface area contributed by atoms with E-state index in [0.717, 1.165) is 48.7 Å². The Morgan fingerprint density at radius 1 is 1.45 bits per heavy atom. The lowest BCUT2D eigenvalue weighted by atomic mass is 10.1. The number of aliphatic hydroxyl groups excluding tert-OH is 1. The zero-order chi connectivity index (χ0) is 15.5. The van der Waals surface area contributed by atoms with Crippen molar-refractivity contribution < 1.29 is 14.9 Å². The molecule has 0 radical (unpaired) electrons. The van der Waals surface area contributed by atoms with Crippen molar-refractivity contribution in [2.45, 2.75) is 25.5 Å². The minimum Gasteiger partial charge on any atom is -0.504 e. The van der Waals surface area contributed by atoms with Crippen LogP contribution >= 0.6 is 11.3 Å². The fourth-order valence-electron chi connectivity index (χ4n) is 2.73. The highest BCUT2D eigenvalue weighted by Gasteiger charge is 2.18. The summed E-state index contributed by atoms with van der Waals surface area (Å²) in [4.78, 5) is 6.90. The number of rotatable bonds is 4. The smallest absolute Gasteiger partial charge is 0.161 e. The number of aromatic hydroxyl groups is 1. The molecule has 0 amide bonds. The molecule has 1 aliphatic heterocycles. The van der Waals surface area contributed by atoms with Gasteiger partial charge < -0.3 is 14.9 Å². The molecule has 1 fully saturated rings. The highest BCUT2D eigenvalue weighted by atomic mass is 32.1. The van der Waals surface area contributed by atoms with Crippen molar-refractivity contribution >= 4 is 11.3 Å². The average Bonchev–Trinajstić information content (AvgIpc) is 2.96. The van der Waals surface area contributed by atoms with Crippen LogP contribution in [-0.2, 0) is 6.54 Å². The number of aromatic nitrogens is 1. The van der Waals surface area contributed by atoms with Crippen molar-refractivity contribution in [3.8, 4) is 22.1 Å². The summed E-state index contributed by atoms with van der Waals surface area (Å²) in [5.74, 6) is 0.582. The lowest BCUT2D eigenvalue weighted by molar-refractivity contribution is 0.0663. The van der Waals surface area contributed by atoms with Crippen LogP contribution in [0.3, 0.4) is 0 Å². The highest BCUT2D eigenvalue weighted by Crippen LogP contribution is 2.33. The fraction of sp³-hybridized carbons (Fsp3) is 0.438. The van der Waals surface area contributed by atoms with Crippen molar-refractivity contribution in [2.24, 2.45) is 0 Å². The Morgan fingerprint density at radius 2 is 2.32 bits per heavy atom. The van der Waals surface area contributed by atoms with Gasteiger partial charge in [-0.3, -0.25) is 4.90 Å². The number of phenols is 1. The molecule has 2 heterocycles. The second-order valence-electron chi connectivity index (χ2n) is 5.56. The number of thiazole rings is 1. The SMILES string of the molecule is COc1cc(-c2nc(CN3CCCC(O)C3)cs2)ccc1O. The molecular weight excluding hydrogens is 300 g/mol. The number of likely N-dealkylation sites (tertiary alicyclic amines) is 1. The fourth-order valence-corrected chi connectivity index (χ4v) is 3.53. The van der Waals surface area contributed by atoms with Gasteiger partial charge in [-0.1, -0.05) is 0 Å². The van der Waals surface area contributed by atoms with Crippen LogP contribution in [0.25, 0.3) is 10.6 Å². The number of phenolic OH excluding ortho intramolecular Hbond substituents is 1. The summed E-state index contributed by atoms with van der Waals surface area (Å²) in [6, 6.07) is 5.25. The van der Waals surface area contributed by atoms with E-state index >= 15 is 0 Å². The molecule has 5 nitrogen and oxygen atoms in total. The summed E-state index contributed by atoms with van der Waals surface area (Å²) in [6.45, 7) is 2.50. The second kappa shape index (κ2) is 6.64. The van der Waals surface area contributed by atoms with Crippen LogP contribution in [0.5, 0.6) is 11.5 Å². The van der Waals surface area contributed by atoms with Gasteiger partial charge in [-0.05, 0) is 37.6 Å². The first kappa shape index (κ1) is 15.3. The lowest BCUT2D eigenvalue weighted by Crippen LogP contribution is -2.37. The van der Waals surface area contributed by atoms with Crippen LogP contribution in [0.15, 0.2) is 23.6 Å². The molecule has 0 spiro atoms. The summed E-state index contributed by atoms with van der Waals surface area (Å²) in [5, 5.41) is 22.3. The van der Waals surface area contributed by atoms with Gasteiger partial charge in [-0.2, -0.15) is 0 Å². The number of hydrogen-bond acceptors (Lipinski definition) is 6. The van der Waals surface area contributed by atoms with Crippen LogP contribution in [0.2, 0.25) is 0 Å². The van der Waals surface area contributed by atoms with Gasteiger partial charge in [-0.25, -0.2) is 4.98 Å². The maximum Gasteiger partial charge on any atom is 0.161 e. The van der Waals surface area contributed by atoms with E-state index in [-0.39, 0.29) is 11.9 Å². The molecule has 0 saturated carbocycles. The molecule has 1 atom stereocenters. The van der Waals surface area contributed by atoms with Gasteiger partial charge >= 0.3 is 0 Å². The first-order valence-corrected chi connectivity index (χ1v) is 8.26. The summed E-state index contributed by atoms with van der Waals surface area (Å²) >= 11 is 1.58. The van der Waals surface area contributed by atoms with Crippen LogP contribution in [0, 0.1) is 0 Å². The molecule has 22 heavy (non-hydrogen) atoms. The predicted molar refractivity (Wildman–Crippen MR) is 86.3 cm³/mol. The minimum absolute atomic E-state index is 0.130. The molecule has 1 unspecified atom stereocenters. The molecule has 1 aromatic carbocycles. The Hall–Kier alpha value is -1.63. The molecular formula is C16H20N2O3S. The van der Waals surface area contributed by atoms with E-state index in [1.165, 1.54) is 7.11 Å². The number of β-amino-alcohol motifs (C(OH)–C–C–N with tert-alkyl or cyclic N) is 1. The first-order chi connectivity index (χ1) is 10.7. The van der Waals surface area contributed by atoms with Gasteiger partial charge in [0.25, 0.3) is 0 Å². The molecule has 2 aromatic rings. The topological polar surface area (TPSA) is 65.8 Å². The monoisotopic (exact) mass is 320 g/mol. The Kier molecular flexibility index (Phi) is 4.61. The Morgan fingerprint density at radius 3 is 3.09 bits per heavy atom. The summed E-state index contributed by atoms with van der Waals surface area (Å²) in [6.07, 6.45) is 1.72. The lowest BCUT2D eigenvalue weighted by Gasteiger charge is -2.29. The van der Waals surface area contributed by atoms with Gasteiger partial charge in [0.1, 0.15) is 5.01 Å². The van der Waals surface area contributed by atoms with Crippen LogP contribution in [0.1, 0.15) is 18.5 Å². The van der Waals surface area contributed by atoms with Gasteiger partial charge in [-0.15, -0.1) is 11.3 Å². The zero-order valence-corrected chi connectivity index (χ0v) is 13.3. The molecule has 2 N–H and O–H groups in total. The highest BCUT2D eigenvalue weighted by molar-refractivity contribution is 7.13. The zero-order valence-electron chi connectivity index (χ0n) is 12.5. The Balaban J connectivity index is 1.73. The molecule has 3 rings (SSSR count). The third-order valence-corrected chi connectivity index (χ3v) is 4.78. The third-order valence-electron chi connectivity index (χ3n) is 3.84. The van der Waals surface area contributed by atoms with Gasteiger partial charge in [0, 0.05) is 24.0 Å². The van der Waals surface area contributed by atoms with E-state index in [0.29, 0.717) is 5.75 Å². The van der Waals surface area contributed by atoms with E-state index in [4.69, 9.17) is 4.74 Å². The summed E-state index contributed by atoms with van der Waals surface area (Å²) in [7, 11) is 1.54. The molecule has 0 aliphatic carbocycles. The minimum atomic E-state index is -0.215. The van der Waals surface area contributed by atoms with Gasteiger partial charge in [0.2, 0.25) is 0 Å². The standard InChI is InChI=1S/C16H20N2O3S/c1-21-15-7-11(4-5-14(15)20)16-17-12(10-22-16)8-18-6-2-3-13(19)9-18/h4-5,7,10,13,19-20H,2-3,6,8-9H2,1H3. The molecule has 1 saturated heterocycles. The van der Waals surface area contributed by atoms with E-state index in [1.807, 2.05) is 6.07 Å². The number of aliphatic hydroxyl groups is 1. The predicted octanol–water partition coefficient (Wildman–Crippen LogP) is 2.48. The number of nitrogens with zero attached hydrogens (tertiary/aromatic N) is 2. The summed E-state index contributed by atoms with van der Waals surface area (Å²) < 4.78 is 5.14. The molecule has 0 bridgehead atoms.